The summed E-state index contributed by atoms with van der Waals surface area (Å²) >= 11 is 5.90. The third kappa shape index (κ3) is 8.77. The minimum atomic E-state index is -2.97. The highest BCUT2D eigenvalue weighted by Crippen LogP contribution is 2.24. The summed E-state index contributed by atoms with van der Waals surface area (Å²) in [6, 6.07) is 9.74. The maximum atomic E-state index is 13.1. The fourth-order valence-corrected chi connectivity index (χ4v) is 2.43. The third-order valence-corrected chi connectivity index (χ3v) is 3.67. The van der Waals surface area contributed by atoms with Gasteiger partial charge in [-0.2, -0.15) is 8.78 Å². The molecule has 0 saturated heterocycles. The first-order chi connectivity index (χ1) is 13.4. The number of anilines is 1. The molecule has 1 amide bonds. The van der Waals surface area contributed by atoms with E-state index in [1.807, 2.05) is 0 Å². The van der Waals surface area contributed by atoms with Crippen molar-refractivity contribution in [3.63, 3.8) is 0 Å². The van der Waals surface area contributed by atoms with Crippen molar-refractivity contribution in [2.45, 2.75) is 13.2 Å². The Morgan fingerprint density at radius 1 is 1.21 bits per heavy atom. The molecular weight excluding hydrogens is 524 g/mol. The van der Waals surface area contributed by atoms with Gasteiger partial charge in [0.15, 0.2) is 5.96 Å². The van der Waals surface area contributed by atoms with E-state index in [4.69, 9.17) is 11.6 Å². The van der Waals surface area contributed by atoms with E-state index in [1.54, 1.807) is 6.07 Å². The Balaban J connectivity index is 0.00000420. The quantitative estimate of drug-likeness (QED) is 0.281. The van der Waals surface area contributed by atoms with Crippen LogP contribution in [0.15, 0.2) is 47.5 Å². The highest BCUT2D eigenvalue weighted by atomic mass is 127. The normalized spacial score (nSPS) is 10.9. The van der Waals surface area contributed by atoms with Gasteiger partial charge in [0.2, 0.25) is 5.91 Å². The van der Waals surface area contributed by atoms with Gasteiger partial charge in [-0.25, -0.2) is 4.39 Å². The first kappa shape index (κ1) is 24.8. The molecule has 2 aromatic rings. The van der Waals surface area contributed by atoms with Crippen molar-refractivity contribution in [1.82, 2.24) is 10.6 Å². The molecule has 0 aromatic heterocycles. The molecule has 0 fully saturated rings. The lowest BCUT2D eigenvalue weighted by Gasteiger charge is -2.15. The number of aliphatic imine (C=N–C) groups is 1. The van der Waals surface area contributed by atoms with E-state index in [-0.39, 0.29) is 48.8 Å². The monoisotopic (exact) mass is 542 g/mol. The molecule has 29 heavy (non-hydrogen) atoms. The molecule has 0 aliphatic carbocycles. The van der Waals surface area contributed by atoms with Gasteiger partial charge < -0.3 is 20.7 Å². The van der Waals surface area contributed by atoms with Crippen LogP contribution < -0.4 is 20.7 Å². The van der Waals surface area contributed by atoms with Crippen LogP contribution in [0.5, 0.6) is 5.75 Å². The Bertz CT molecular complexity index is 856. The Morgan fingerprint density at radius 3 is 2.62 bits per heavy atom. The molecule has 3 N–H and O–H groups in total. The zero-order valence-corrected chi connectivity index (χ0v) is 18.3. The predicted octanol–water partition coefficient (Wildman–Crippen LogP) is 4.00. The number of nitrogens with zero attached hydrogens (tertiary/aromatic N) is 1. The van der Waals surface area contributed by atoms with E-state index in [0.29, 0.717) is 16.3 Å². The number of hydrogen-bond donors (Lipinski definition) is 3. The van der Waals surface area contributed by atoms with E-state index < -0.39 is 18.3 Å². The number of hydrogen-bond acceptors (Lipinski definition) is 3. The summed E-state index contributed by atoms with van der Waals surface area (Å²) < 4.78 is 42.6. The maximum absolute atomic E-state index is 13.1. The summed E-state index contributed by atoms with van der Waals surface area (Å²) in [5.74, 6) is -0.659. The summed E-state index contributed by atoms with van der Waals surface area (Å²) in [5.41, 5.74) is 0.711. The Hall–Kier alpha value is -2.21. The van der Waals surface area contributed by atoms with Gasteiger partial charge in [-0.05, 0) is 36.4 Å². The second-order valence-electron chi connectivity index (χ2n) is 5.47. The number of rotatable bonds is 7. The zero-order valence-electron chi connectivity index (χ0n) is 15.2. The van der Waals surface area contributed by atoms with Crippen LogP contribution in [0, 0.1) is 5.82 Å². The fourth-order valence-electron chi connectivity index (χ4n) is 2.23. The van der Waals surface area contributed by atoms with Crippen molar-refractivity contribution in [2.24, 2.45) is 4.99 Å². The van der Waals surface area contributed by atoms with Crippen molar-refractivity contribution < 1.29 is 22.7 Å². The van der Waals surface area contributed by atoms with E-state index >= 15 is 0 Å². The van der Waals surface area contributed by atoms with Gasteiger partial charge in [-0.3, -0.25) is 9.79 Å². The molecule has 2 rings (SSSR count). The van der Waals surface area contributed by atoms with Gasteiger partial charge in [-0.15, -0.1) is 24.0 Å². The summed E-state index contributed by atoms with van der Waals surface area (Å²) in [5, 5.41) is 8.52. The van der Waals surface area contributed by atoms with Crippen LogP contribution in [0.3, 0.4) is 0 Å². The van der Waals surface area contributed by atoms with Crippen LogP contribution in [0.4, 0.5) is 18.9 Å². The topological polar surface area (TPSA) is 74.8 Å². The molecule has 11 heteroatoms. The van der Waals surface area contributed by atoms with E-state index in [2.05, 4.69) is 25.7 Å². The number of benzene rings is 2. The summed E-state index contributed by atoms with van der Waals surface area (Å²) in [7, 11) is 1.48. The molecule has 0 saturated carbocycles. The molecule has 0 spiro atoms. The average molecular weight is 543 g/mol. The maximum Gasteiger partial charge on any atom is 0.387 e. The number of carbonyl (C=O) groups excluding carboxylic acids is 1. The van der Waals surface area contributed by atoms with Crippen LogP contribution >= 0.6 is 35.6 Å². The number of carbonyl (C=O) groups is 1. The minimum absolute atomic E-state index is 0. The van der Waals surface area contributed by atoms with Crippen molar-refractivity contribution >= 4 is 53.1 Å². The molecule has 0 unspecified atom stereocenters. The SMILES string of the molecule is CN=C(NCC(=O)Nc1cccc(F)c1)NCc1cc(Cl)ccc1OC(F)F.I. The zero-order chi connectivity index (χ0) is 20.5. The first-order valence-electron chi connectivity index (χ1n) is 8.10. The van der Waals surface area contributed by atoms with Gasteiger partial charge in [0.1, 0.15) is 11.6 Å². The van der Waals surface area contributed by atoms with E-state index in [0.717, 1.165) is 0 Å². The Morgan fingerprint density at radius 2 is 1.97 bits per heavy atom. The lowest BCUT2D eigenvalue weighted by Crippen LogP contribution is -2.41. The Labute approximate surface area is 187 Å². The predicted molar refractivity (Wildman–Crippen MR) is 117 cm³/mol. The molecule has 2 aromatic carbocycles. The van der Waals surface area contributed by atoms with Crippen LogP contribution in [0.1, 0.15) is 5.56 Å². The summed E-state index contributed by atoms with van der Waals surface area (Å²) in [6.07, 6.45) is 0. The molecule has 0 aliphatic rings. The third-order valence-electron chi connectivity index (χ3n) is 3.43. The minimum Gasteiger partial charge on any atom is -0.434 e. The van der Waals surface area contributed by atoms with Gasteiger partial charge in [0, 0.05) is 29.9 Å². The van der Waals surface area contributed by atoms with Crippen molar-refractivity contribution in [2.75, 3.05) is 18.9 Å². The second-order valence-corrected chi connectivity index (χ2v) is 5.90. The van der Waals surface area contributed by atoms with Gasteiger partial charge in [-0.1, -0.05) is 17.7 Å². The van der Waals surface area contributed by atoms with Gasteiger partial charge in [0.05, 0.1) is 6.54 Å². The van der Waals surface area contributed by atoms with E-state index in [9.17, 15) is 18.0 Å². The number of amides is 1. The molecule has 0 radical (unpaired) electrons. The van der Waals surface area contributed by atoms with Crippen molar-refractivity contribution in [1.29, 1.82) is 0 Å². The molecular formula is C18H19ClF3IN4O2. The number of ether oxygens (including phenoxy) is 1. The number of alkyl halides is 2. The largest absolute Gasteiger partial charge is 0.434 e. The van der Waals surface area contributed by atoms with Gasteiger partial charge >= 0.3 is 6.61 Å². The molecule has 0 bridgehead atoms. The molecule has 158 valence electrons. The fraction of sp³-hybridized carbons (Fsp3) is 0.222. The number of halogens is 5. The van der Waals surface area contributed by atoms with Crippen LogP contribution in [-0.4, -0.2) is 32.1 Å². The smallest absolute Gasteiger partial charge is 0.387 e. The molecule has 0 atom stereocenters. The average Bonchev–Trinajstić information content (AvgIpc) is 2.63. The van der Waals surface area contributed by atoms with Crippen molar-refractivity contribution in [3.05, 3.63) is 58.9 Å². The second kappa shape index (κ2) is 12.4. The molecule has 6 nitrogen and oxygen atoms in total. The first-order valence-corrected chi connectivity index (χ1v) is 8.48. The lowest BCUT2D eigenvalue weighted by atomic mass is 10.2. The molecule has 0 heterocycles. The summed E-state index contributed by atoms with van der Waals surface area (Å²) in [4.78, 5) is 15.9. The standard InChI is InChI=1S/C18H18ClF3N4O2.HI/c1-23-18(25-10-16(27)26-14-4-2-3-13(20)8-14)24-9-11-7-12(19)5-6-15(11)28-17(21)22;/h2-8,17H,9-10H2,1H3,(H,26,27)(H2,23,24,25);1H. The van der Waals surface area contributed by atoms with Crippen LogP contribution in [0.25, 0.3) is 0 Å². The summed E-state index contributed by atoms with van der Waals surface area (Å²) in [6.45, 7) is -3.04. The van der Waals surface area contributed by atoms with Crippen molar-refractivity contribution in [3.8, 4) is 5.75 Å². The Kier molecular flexibility index (Phi) is 10.6. The van der Waals surface area contributed by atoms with Crippen LogP contribution in [0.2, 0.25) is 5.02 Å². The van der Waals surface area contributed by atoms with Gasteiger partial charge in [0.25, 0.3) is 0 Å². The number of nitrogens with one attached hydrogen (secondary N) is 3. The highest BCUT2D eigenvalue weighted by molar-refractivity contribution is 14.0. The van der Waals surface area contributed by atoms with E-state index in [1.165, 1.54) is 43.4 Å². The highest BCUT2D eigenvalue weighted by Gasteiger charge is 2.11. The number of guanidine groups is 1. The van der Waals surface area contributed by atoms with Crippen LogP contribution in [-0.2, 0) is 11.3 Å². The lowest BCUT2D eigenvalue weighted by molar-refractivity contribution is -0.115. The molecule has 0 aliphatic heterocycles.